The lowest BCUT2D eigenvalue weighted by Gasteiger charge is -2.27. The van der Waals surface area contributed by atoms with Crippen molar-refractivity contribution in [3.8, 4) is 0 Å². The largest absolute Gasteiger partial charge is 0.481 e. The Morgan fingerprint density at radius 3 is 2.81 bits per heavy atom. The quantitative estimate of drug-likeness (QED) is 0.928. The maximum absolute atomic E-state index is 13.9. The van der Waals surface area contributed by atoms with Crippen molar-refractivity contribution >= 4 is 18.4 Å². The first kappa shape index (κ1) is 16.2. The zero-order chi connectivity index (χ0) is 14.3. The van der Waals surface area contributed by atoms with E-state index in [1.807, 2.05) is 13.0 Å². The molecule has 1 unspecified atom stereocenters. The van der Waals surface area contributed by atoms with Crippen LogP contribution in [0.3, 0.4) is 0 Å². The van der Waals surface area contributed by atoms with E-state index in [4.69, 9.17) is 0 Å². The lowest BCUT2D eigenvalue weighted by atomic mass is 9.81. The van der Waals surface area contributed by atoms with E-state index >= 15 is 0 Å². The lowest BCUT2D eigenvalue weighted by molar-refractivity contribution is -0.149. The Kier molecular flexibility index (Phi) is 4.59. The van der Waals surface area contributed by atoms with Crippen LogP contribution in [0.4, 0.5) is 4.39 Å². The Labute approximate surface area is 130 Å². The molecule has 5 heteroatoms. The van der Waals surface area contributed by atoms with Gasteiger partial charge in [-0.05, 0) is 31.7 Å². The lowest BCUT2D eigenvalue weighted by Crippen LogP contribution is -2.36. The summed E-state index contributed by atoms with van der Waals surface area (Å²) in [5.41, 5.74) is 0.0625. The molecule has 3 rings (SSSR count). The van der Waals surface area contributed by atoms with Gasteiger partial charge in [0, 0.05) is 24.7 Å². The summed E-state index contributed by atoms with van der Waals surface area (Å²) in [4.78, 5) is 13.8. The zero-order valence-electron chi connectivity index (χ0n) is 12.1. The first-order valence-electron chi connectivity index (χ1n) is 7.26. The van der Waals surface area contributed by atoms with E-state index in [0.717, 1.165) is 25.8 Å². The van der Waals surface area contributed by atoms with Crippen LogP contribution >= 0.6 is 12.4 Å². The Hall–Kier alpha value is -1.13. The van der Waals surface area contributed by atoms with Crippen LogP contribution in [-0.4, -0.2) is 29.1 Å². The van der Waals surface area contributed by atoms with Gasteiger partial charge in [-0.3, -0.25) is 9.69 Å². The van der Waals surface area contributed by atoms with Crippen molar-refractivity contribution in [2.24, 2.45) is 11.3 Å². The van der Waals surface area contributed by atoms with Gasteiger partial charge in [0.15, 0.2) is 0 Å². The average Bonchev–Trinajstić information content (AvgIpc) is 2.96. The van der Waals surface area contributed by atoms with Crippen LogP contribution in [0.15, 0.2) is 24.3 Å². The van der Waals surface area contributed by atoms with Gasteiger partial charge in [-0.2, -0.15) is 0 Å². The SMILES string of the molecule is CC(c1ccccc1F)N1C[C@@H]2CCC[C@@]2(C(=O)O)C1.Cl. The molecule has 1 aliphatic carbocycles. The van der Waals surface area contributed by atoms with Crippen LogP contribution in [0.25, 0.3) is 0 Å². The van der Waals surface area contributed by atoms with Gasteiger partial charge in [0.2, 0.25) is 0 Å². The Morgan fingerprint density at radius 2 is 2.19 bits per heavy atom. The van der Waals surface area contributed by atoms with E-state index in [9.17, 15) is 14.3 Å². The van der Waals surface area contributed by atoms with Crippen molar-refractivity contribution in [2.75, 3.05) is 13.1 Å². The van der Waals surface area contributed by atoms with Crippen LogP contribution in [0, 0.1) is 17.2 Å². The van der Waals surface area contributed by atoms with Crippen LogP contribution in [-0.2, 0) is 4.79 Å². The average molecular weight is 314 g/mol. The summed E-state index contributed by atoms with van der Waals surface area (Å²) >= 11 is 0. The van der Waals surface area contributed by atoms with Crippen LogP contribution in [0.1, 0.15) is 37.8 Å². The maximum atomic E-state index is 13.9. The van der Waals surface area contributed by atoms with Gasteiger partial charge in [-0.15, -0.1) is 12.4 Å². The van der Waals surface area contributed by atoms with Crippen molar-refractivity contribution in [1.82, 2.24) is 4.90 Å². The minimum absolute atomic E-state index is 0. The highest BCUT2D eigenvalue weighted by molar-refractivity contribution is 5.85. The van der Waals surface area contributed by atoms with E-state index in [2.05, 4.69) is 4.90 Å². The third-order valence-electron chi connectivity index (χ3n) is 5.23. The van der Waals surface area contributed by atoms with E-state index in [-0.39, 0.29) is 30.2 Å². The number of carboxylic acids is 1. The van der Waals surface area contributed by atoms with Gasteiger partial charge < -0.3 is 5.11 Å². The number of fused-ring (bicyclic) bond motifs is 1. The molecule has 0 bridgehead atoms. The number of benzene rings is 1. The second-order valence-corrected chi connectivity index (χ2v) is 6.18. The molecule has 3 nitrogen and oxygen atoms in total. The Balaban J connectivity index is 0.00000161. The molecular formula is C16H21ClFNO2. The third kappa shape index (κ3) is 2.55. The Morgan fingerprint density at radius 1 is 1.48 bits per heavy atom. The van der Waals surface area contributed by atoms with Gasteiger partial charge >= 0.3 is 5.97 Å². The standard InChI is InChI=1S/C16H20FNO2.ClH/c1-11(13-6-2-3-7-14(13)17)18-9-12-5-4-8-16(12,10-18)15(19)20;/h2-3,6-7,11-12H,4-5,8-10H2,1H3,(H,19,20);1H/t11?,12-,16+;/m0./s1. The fourth-order valence-electron chi connectivity index (χ4n) is 3.98. The minimum atomic E-state index is -0.678. The van der Waals surface area contributed by atoms with Crippen LogP contribution < -0.4 is 0 Å². The molecule has 0 spiro atoms. The smallest absolute Gasteiger partial charge is 0.311 e. The van der Waals surface area contributed by atoms with E-state index < -0.39 is 11.4 Å². The summed E-state index contributed by atoms with van der Waals surface area (Å²) in [6, 6.07) is 6.71. The molecule has 1 aromatic carbocycles. The van der Waals surface area contributed by atoms with Gasteiger partial charge in [0.1, 0.15) is 5.82 Å². The highest BCUT2D eigenvalue weighted by Crippen LogP contribution is 2.50. The molecule has 3 atom stereocenters. The highest BCUT2D eigenvalue weighted by atomic mass is 35.5. The fourth-order valence-corrected chi connectivity index (χ4v) is 3.98. The third-order valence-corrected chi connectivity index (χ3v) is 5.23. The summed E-state index contributed by atoms with van der Waals surface area (Å²) < 4.78 is 13.9. The molecule has 0 radical (unpaired) electrons. The van der Waals surface area contributed by atoms with Crippen LogP contribution in [0.5, 0.6) is 0 Å². The predicted octanol–water partition coefficient (Wildman–Crippen LogP) is 3.50. The van der Waals surface area contributed by atoms with E-state index in [1.165, 1.54) is 6.07 Å². The molecule has 1 saturated heterocycles. The number of carboxylic acid groups (broad SMARTS) is 1. The number of halogens is 2. The second-order valence-electron chi connectivity index (χ2n) is 6.18. The molecule has 1 N–H and O–H groups in total. The first-order valence-corrected chi connectivity index (χ1v) is 7.26. The molecule has 1 aromatic rings. The molecule has 21 heavy (non-hydrogen) atoms. The van der Waals surface area contributed by atoms with Crippen molar-refractivity contribution in [2.45, 2.75) is 32.2 Å². The molecule has 0 amide bonds. The van der Waals surface area contributed by atoms with Gasteiger partial charge in [-0.1, -0.05) is 24.6 Å². The van der Waals surface area contributed by atoms with Gasteiger partial charge in [-0.25, -0.2) is 4.39 Å². The molecule has 0 aromatic heterocycles. The van der Waals surface area contributed by atoms with Crippen molar-refractivity contribution in [3.63, 3.8) is 0 Å². The molecule has 116 valence electrons. The Bertz CT molecular complexity index is 539. The number of carbonyl (C=O) groups is 1. The number of aliphatic carboxylic acids is 1. The van der Waals surface area contributed by atoms with Crippen LogP contribution in [0.2, 0.25) is 0 Å². The molecule has 1 aliphatic heterocycles. The topological polar surface area (TPSA) is 40.5 Å². The predicted molar refractivity (Wildman–Crippen MR) is 81.0 cm³/mol. The summed E-state index contributed by atoms with van der Waals surface area (Å²) in [7, 11) is 0. The zero-order valence-corrected chi connectivity index (χ0v) is 12.9. The normalized spacial score (nSPS) is 29.7. The minimum Gasteiger partial charge on any atom is -0.481 e. The monoisotopic (exact) mass is 313 g/mol. The molecule has 1 heterocycles. The van der Waals surface area contributed by atoms with Gasteiger partial charge in [0.25, 0.3) is 0 Å². The van der Waals surface area contributed by atoms with Crippen molar-refractivity contribution in [3.05, 3.63) is 35.6 Å². The molecule has 2 aliphatic rings. The first-order chi connectivity index (χ1) is 9.54. The van der Waals surface area contributed by atoms with Gasteiger partial charge in [0.05, 0.1) is 5.41 Å². The number of hydrogen-bond acceptors (Lipinski definition) is 2. The summed E-state index contributed by atoms with van der Waals surface area (Å²) in [6.45, 7) is 3.28. The summed E-state index contributed by atoms with van der Waals surface area (Å²) in [6.07, 6.45) is 2.74. The van der Waals surface area contributed by atoms with Crippen molar-refractivity contribution < 1.29 is 14.3 Å². The van der Waals surface area contributed by atoms with E-state index in [1.54, 1.807) is 12.1 Å². The number of nitrogens with zero attached hydrogens (tertiary/aromatic N) is 1. The molecule has 2 fully saturated rings. The van der Waals surface area contributed by atoms with E-state index in [0.29, 0.717) is 12.1 Å². The fraction of sp³-hybridized carbons (Fsp3) is 0.562. The molecule has 1 saturated carbocycles. The highest BCUT2D eigenvalue weighted by Gasteiger charge is 2.55. The second kappa shape index (κ2) is 5.93. The number of likely N-dealkylation sites (tertiary alicyclic amines) is 1. The summed E-state index contributed by atoms with van der Waals surface area (Å²) in [5, 5.41) is 9.60. The van der Waals surface area contributed by atoms with Crippen molar-refractivity contribution in [1.29, 1.82) is 0 Å². The molecular weight excluding hydrogens is 293 g/mol. The number of rotatable bonds is 3. The number of hydrogen-bond donors (Lipinski definition) is 1. The summed E-state index contributed by atoms with van der Waals surface area (Å²) in [5.74, 6) is -0.668. The maximum Gasteiger partial charge on any atom is 0.311 e.